The summed E-state index contributed by atoms with van der Waals surface area (Å²) in [7, 11) is 1.90. The number of hydrogen-bond donors (Lipinski definition) is 1. The van der Waals surface area contributed by atoms with Crippen LogP contribution >= 0.6 is 12.4 Å². The zero-order chi connectivity index (χ0) is 15.9. The molecule has 1 saturated heterocycles. The molecule has 0 bridgehead atoms. The normalized spacial score (nSPS) is 18.4. The number of nitrogens with one attached hydrogen (secondary N) is 1. The first-order valence-electron chi connectivity index (χ1n) is 8.85. The molecule has 1 heterocycles. The number of piperidine rings is 1. The summed E-state index contributed by atoms with van der Waals surface area (Å²) >= 11 is 0. The molecule has 2 amide bonds. The number of likely N-dealkylation sites (tertiary alicyclic amines) is 1. The second kappa shape index (κ2) is 10.1. The Kier molecular flexibility index (Phi) is 8.92. The molecule has 0 aromatic carbocycles. The van der Waals surface area contributed by atoms with Crippen molar-refractivity contribution in [2.45, 2.75) is 45.4 Å². The summed E-state index contributed by atoms with van der Waals surface area (Å²) in [5.74, 6) is 1.35. The number of unbranched alkanes of at least 4 members (excludes halogenated alkanes) is 1. The van der Waals surface area contributed by atoms with E-state index >= 15 is 0 Å². The van der Waals surface area contributed by atoms with Crippen molar-refractivity contribution < 1.29 is 9.59 Å². The summed E-state index contributed by atoms with van der Waals surface area (Å²) in [5, 5.41) is 3.25. The summed E-state index contributed by atoms with van der Waals surface area (Å²) in [6.45, 7) is 5.86. The van der Waals surface area contributed by atoms with Crippen LogP contribution in [0.25, 0.3) is 0 Å². The van der Waals surface area contributed by atoms with Crippen LogP contribution < -0.4 is 5.32 Å². The Labute approximate surface area is 146 Å². The highest BCUT2D eigenvalue weighted by molar-refractivity contribution is 5.85. The third-order valence-corrected chi connectivity index (χ3v) is 4.83. The maximum atomic E-state index is 12.3. The van der Waals surface area contributed by atoms with Gasteiger partial charge in [-0.05, 0) is 44.6 Å². The summed E-state index contributed by atoms with van der Waals surface area (Å²) in [6.07, 6.45) is 6.40. The summed E-state index contributed by atoms with van der Waals surface area (Å²) < 4.78 is 0. The van der Waals surface area contributed by atoms with Crippen LogP contribution in [0.5, 0.6) is 0 Å². The van der Waals surface area contributed by atoms with E-state index in [-0.39, 0.29) is 30.1 Å². The van der Waals surface area contributed by atoms with Crippen molar-refractivity contribution in [1.82, 2.24) is 15.1 Å². The molecule has 23 heavy (non-hydrogen) atoms. The second-order valence-corrected chi connectivity index (χ2v) is 6.84. The Morgan fingerprint density at radius 2 is 1.83 bits per heavy atom. The predicted octanol–water partition coefficient (Wildman–Crippen LogP) is 1.90. The smallest absolute Gasteiger partial charge is 0.236 e. The number of hydrogen-bond acceptors (Lipinski definition) is 3. The third-order valence-electron chi connectivity index (χ3n) is 4.83. The van der Waals surface area contributed by atoms with Gasteiger partial charge in [0.1, 0.15) is 0 Å². The Morgan fingerprint density at radius 3 is 2.39 bits per heavy atom. The Bertz CT molecular complexity index is 380. The van der Waals surface area contributed by atoms with E-state index in [0.717, 1.165) is 57.8 Å². The van der Waals surface area contributed by atoms with E-state index in [2.05, 4.69) is 12.2 Å². The average molecular weight is 346 g/mol. The zero-order valence-electron chi connectivity index (χ0n) is 14.6. The fraction of sp³-hybridized carbons (Fsp3) is 0.882. The van der Waals surface area contributed by atoms with Crippen LogP contribution in [0.1, 0.15) is 45.4 Å². The van der Waals surface area contributed by atoms with Crippen LogP contribution in [0, 0.1) is 11.8 Å². The molecule has 0 unspecified atom stereocenters. The van der Waals surface area contributed by atoms with E-state index in [1.165, 1.54) is 12.8 Å². The van der Waals surface area contributed by atoms with Crippen molar-refractivity contribution in [3.63, 3.8) is 0 Å². The maximum absolute atomic E-state index is 12.3. The second-order valence-electron chi connectivity index (χ2n) is 6.84. The van der Waals surface area contributed by atoms with Crippen LogP contribution in [-0.2, 0) is 9.59 Å². The van der Waals surface area contributed by atoms with Crippen LogP contribution in [0.2, 0.25) is 0 Å². The zero-order valence-corrected chi connectivity index (χ0v) is 15.4. The molecule has 0 aromatic rings. The maximum Gasteiger partial charge on any atom is 0.236 e. The molecular weight excluding hydrogens is 314 g/mol. The minimum Gasteiger partial charge on any atom is -0.346 e. The lowest BCUT2D eigenvalue weighted by Gasteiger charge is -2.33. The quantitative estimate of drug-likeness (QED) is 0.731. The lowest BCUT2D eigenvalue weighted by Crippen LogP contribution is -2.46. The van der Waals surface area contributed by atoms with Gasteiger partial charge >= 0.3 is 0 Å². The van der Waals surface area contributed by atoms with Gasteiger partial charge in [-0.15, -0.1) is 12.4 Å². The first kappa shape index (κ1) is 20.2. The highest BCUT2D eigenvalue weighted by Crippen LogP contribution is 2.27. The molecule has 1 N–H and O–H groups in total. The van der Waals surface area contributed by atoms with Gasteiger partial charge in [0.2, 0.25) is 11.8 Å². The molecule has 0 radical (unpaired) electrons. The summed E-state index contributed by atoms with van der Waals surface area (Å²) in [6, 6.07) is 0. The van der Waals surface area contributed by atoms with Gasteiger partial charge in [0.25, 0.3) is 0 Å². The van der Waals surface area contributed by atoms with Gasteiger partial charge in [0, 0.05) is 32.6 Å². The molecule has 1 aliphatic heterocycles. The van der Waals surface area contributed by atoms with E-state index in [9.17, 15) is 9.59 Å². The lowest BCUT2D eigenvalue weighted by atomic mass is 9.95. The molecule has 1 saturated carbocycles. The molecule has 6 heteroatoms. The van der Waals surface area contributed by atoms with Gasteiger partial charge in [0.05, 0.1) is 6.54 Å². The van der Waals surface area contributed by atoms with Gasteiger partial charge in [-0.1, -0.05) is 13.3 Å². The number of carbonyl (C=O) groups excluding carboxylic acids is 2. The molecule has 0 atom stereocenters. The van der Waals surface area contributed by atoms with Gasteiger partial charge in [-0.3, -0.25) is 9.59 Å². The van der Waals surface area contributed by atoms with Crippen molar-refractivity contribution in [3.8, 4) is 0 Å². The third kappa shape index (κ3) is 6.68. The largest absolute Gasteiger partial charge is 0.346 e. The van der Waals surface area contributed by atoms with Gasteiger partial charge < -0.3 is 15.1 Å². The molecule has 5 nitrogen and oxygen atoms in total. The molecule has 2 aliphatic rings. The minimum absolute atomic E-state index is 0. The number of halogens is 1. The van der Waals surface area contributed by atoms with Crippen molar-refractivity contribution >= 4 is 24.2 Å². The van der Waals surface area contributed by atoms with Crippen molar-refractivity contribution in [2.24, 2.45) is 11.8 Å². The molecule has 134 valence electrons. The van der Waals surface area contributed by atoms with Crippen molar-refractivity contribution in [2.75, 3.05) is 39.8 Å². The Hall–Kier alpha value is -0.810. The van der Waals surface area contributed by atoms with E-state index in [1.807, 2.05) is 16.8 Å². The molecule has 2 fully saturated rings. The number of amides is 2. The highest BCUT2D eigenvalue weighted by Gasteiger charge is 2.29. The fourth-order valence-electron chi connectivity index (χ4n) is 3.01. The van der Waals surface area contributed by atoms with Gasteiger partial charge in [-0.25, -0.2) is 0 Å². The fourth-order valence-corrected chi connectivity index (χ4v) is 3.01. The van der Waals surface area contributed by atoms with E-state index < -0.39 is 0 Å². The molecule has 0 spiro atoms. The van der Waals surface area contributed by atoms with Crippen LogP contribution in [0.15, 0.2) is 0 Å². The van der Waals surface area contributed by atoms with Crippen LogP contribution in [0.4, 0.5) is 0 Å². The van der Waals surface area contributed by atoms with E-state index in [4.69, 9.17) is 0 Å². The van der Waals surface area contributed by atoms with Crippen molar-refractivity contribution in [3.05, 3.63) is 0 Å². The first-order chi connectivity index (χ1) is 10.6. The van der Waals surface area contributed by atoms with E-state index in [0.29, 0.717) is 6.54 Å². The predicted molar refractivity (Wildman–Crippen MR) is 94.7 cm³/mol. The summed E-state index contributed by atoms with van der Waals surface area (Å²) in [4.78, 5) is 28.2. The number of nitrogens with zero attached hydrogens (tertiary/aromatic N) is 2. The van der Waals surface area contributed by atoms with Crippen molar-refractivity contribution in [1.29, 1.82) is 0 Å². The standard InChI is InChI=1S/C17H31N3O2.ClH/c1-3-4-9-19(2)17(22)15-7-10-20(11-8-15)16(21)13-18-12-14-5-6-14;/h14-15,18H,3-13H2,1-2H3;1H. The monoisotopic (exact) mass is 345 g/mol. The number of carbonyl (C=O) groups is 2. The van der Waals surface area contributed by atoms with Gasteiger partial charge in [-0.2, -0.15) is 0 Å². The topological polar surface area (TPSA) is 52.7 Å². The van der Waals surface area contributed by atoms with Crippen LogP contribution in [0.3, 0.4) is 0 Å². The molecule has 0 aromatic heterocycles. The first-order valence-corrected chi connectivity index (χ1v) is 8.85. The average Bonchev–Trinajstić information content (AvgIpc) is 3.36. The lowest BCUT2D eigenvalue weighted by molar-refractivity contribution is -0.139. The molecular formula is C17H32ClN3O2. The minimum atomic E-state index is 0. The van der Waals surface area contributed by atoms with E-state index in [1.54, 1.807) is 0 Å². The summed E-state index contributed by atoms with van der Waals surface area (Å²) in [5.41, 5.74) is 0. The SMILES string of the molecule is CCCCN(C)C(=O)C1CCN(C(=O)CNCC2CC2)CC1.Cl. The molecule has 2 rings (SSSR count). The van der Waals surface area contributed by atoms with Crippen LogP contribution in [-0.4, -0.2) is 61.4 Å². The van der Waals surface area contributed by atoms with Gasteiger partial charge in [0.15, 0.2) is 0 Å². The molecule has 1 aliphatic carbocycles. The Morgan fingerprint density at radius 1 is 1.17 bits per heavy atom. The highest BCUT2D eigenvalue weighted by atomic mass is 35.5. The Balaban J connectivity index is 0.00000264. The number of rotatable bonds is 8.